The number of ether oxygens (including phenoxy) is 1. The number of aryl methyl sites for hydroxylation is 1. The first-order valence-corrected chi connectivity index (χ1v) is 7.24. The molecule has 136 valence electrons. The molecule has 6 nitrogen and oxygen atoms in total. The summed E-state index contributed by atoms with van der Waals surface area (Å²) in [5.41, 5.74) is -1.44. The van der Waals surface area contributed by atoms with Gasteiger partial charge in [0.1, 0.15) is 11.5 Å². The number of alkyl halides is 3. The van der Waals surface area contributed by atoms with Crippen LogP contribution in [0.1, 0.15) is 29.4 Å². The first-order chi connectivity index (χ1) is 11.7. The Labute approximate surface area is 140 Å². The van der Waals surface area contributed by atoms with Crippen LogP contribution < -0.4 is 5.32 Å². The van der Waals surface area contributed by atoms with E-state index >= 15 is 4.39 Å². The fourth-order valence-corrected chi connectivity index (χ4v) is 2.38. The number of rotatable bonds is 5. The maximum absolute atomic E-state index is 15.1. The molecule has 1 aliphatic carbocycles. The van der Waals surface area contributed by atoms with Crippen molar-refractivity contribution in [3.8, 4) is 0 Å². The van der Waals surface area contributed by atoms with Gasteiger partial charge in [-0.15, -0.1) is 0 Å². The minimum absolute atomic E-state index is 0.130. The average Bonchev–Trinajstić information content (AvgIpc) is 2.89. The molecule has 1 N–H and O–H groups in total. The van der Waals surface area contributed by atoms with Crippen LogP contribution in [0.25, 0.3) is 0 Å². The van der Waals surface area contributed by atoms with E-state index in [9.17, 15) is 22.8 Å². The Morgan fingerprint density at radius 2 is 2.16 bits per heavy atom. The Morgan fingerprint density at radius 3 is 2.76 bits per heavy atom. The van der Waals surface area contributed by atoms with Crippen molar-refractivity contribution in [3.05, 3.63) is 41.5 Å². The molecule has 25 heavy (non-hydrogen) atoms. The van der Waals surface area contributed by atoms with E-state index in [1.807, 2.05) is 0 Å². The number of carbonyl (C=O) groups excluding carboxylic acids is 2. The number of hydrogen-bond donors (Lipinski definition) is 1. The molecule has 0 aliphatic heterocycles. The molecule has 1 heterocycles. The van der Waals surface area contributed by atoms with Gasteiger partial charge in [-0.1, -0.05) is 6.08 Å². The monoisotopic (exact) mass is 361 g/mol. The topological polar surface area (TPSA) is 73.2 Å². The van der Waals surface area contributed by atoms with E-state index in [-0.39, 0.29) is 6.61 Å². The number of aromatic nitrogens is 2. The number of nitrogens with one attached hydrogen (secondary N) is 1. The number of nitrogens with zero attached hydrogens (tertiary/aromatic N) is 2. The maximum Gasteiger partial charge on any atom is 0.321 e. The Hall–Kier alpha value is -2.65. The third kappa shape index (κ3) is 3.72. The van der Waals surface area contributed by atoms with E-state index in [0.29, 0.717) is 0 Å². The summed E-state index contributed by atoms with van der Waals surface area (Å²) in [6, 6.07) is 0. The fourth-order valence-electron chi connectivity index (χ4n) is 2.38. The van der Waals surface area contributed by atoms with Crippen molar-refractivity contribution >= 4 is 11.9 Å². The second kappa shape index (κ2) is 7.08. The van der Waals surface area contributed by atoms with Gasteiger partial charge in [0.15, 0.2) is 5.92 Å². The minimum atomic E-state index is -3.07. The van der Waals surface area contributed by atoms with Crippen molar-refractivity contribution < 1.29 is 31.9 Å². The van der Waals surface area contributed by atoms with E-state index in [0.717, 1.165) is 29.1 Å². The van der Waals surface area contributed by atoms with Crippen LogP contribution in [0.4, 0.5) is 17.6 Å². The van der Waals surface area contributed by atoms with Crippen LogP contribution in [-0.4, -0.2) is 34.1 Å². The molecule has 1 aromatic heterocycles. The van der Waals surface area contributed by atoms with Gasteiger partial charge >= 0.3 is 5.97 Å². The molecule has 2 rings (SSSR count). The number of hydrogen-bond acceptors (Lipinski definition) is 4. The lowest BCUT2D eigenvalue weighted by atomic mass is 9.91. The van der Waals surface area contributed by atoms with Gasteiger partial charge in [0, 0.05) is 13.2 Å². The third-order valence-electron chi connectivity index (χ3n) is 3.43. The largest absolute Gasteiger partial charge is 0.465 e. The highest BCUT2D eigenvalue weighted by Gasteiger charge is 2.49. The zero-order valence-corrected chi connectivity index (χ0v) is 13.3. The van der Waals surface area contributed by atoms with Gasteiger partial charge < -0.3 is 10.1 Å². The first kappa shape index (κ1) is 18.7. The summed E-state index contributed by atoms with van der Waals surface area (Å²) >= 11 is 0. The first-order valence-electron chi connectivity index (χ1n) is 7.24. The third-order valence-corrected chi connectivity index (χ3v) is 3.43. The molecule has 0 saturated heterocycles. The lowest BCUT2D eigenvalue weighted by Crippen LogP contribution is -2.53. The number of carbonyl (C=O) groups is 2. The lowest BCUT2D eigenvalue weighted by molar-refractivity contribution is -0.151. The molecule has 1 aliphatic rings. The summed E-state index contributed by atoms with van der Waals surface area (Å²) in [6.07, 6.45) is 0.451. The maximum atomic E-state index is 15.1. The second-order valence-corrected chi connectivity index (χ2v) is 5.22. The zero-order valence-electron chi connectivity index (χ0n) is 13.3. The Bertz CT molecular complexity index is 744. The summed E-state index contributed by atoms with van der Waals surface area (Å²) < 4.78 is 60.5. The zero-order chi connectivity index (χ0) is 18.8. The average molecular weight is 361 g/mol. The van der Waals surface area contributed by atoms with E-state index in [4.69, 9.17) is 0 Å². The molecule has 2 atom stereocenters. The Kier molecular flexibility index (Phi) is 5.29. The van der Waals surface area contributed by atoms with Crippen LogP contribution in [0.5, 0.6) is 0 Å². The van der Waals surface area contributed by atoms with Crippen molar-refractivity contribution in [1.82, 2.24) is 15.1 Å². The molecular weight excluding hydrogens is 346 g/mol. The molecular formula is C15H15F4N3O3. The van der Waals surface area contributed by atoms with Crippen LogP contribution in [0.3, 0.4) is 0 Å². The molecule has 1 amide bonds. The summed E-state index contributed by atoms with van der Waals surface area (Å²) in [5, 5.41) is 5.21. The van der Waals surface area contributed by atoms with Crippen molar-refractivity contribution in [3.63, 3.8) is 0 Å². The SMILES string of the molecule is CCOC(=O)C1C(F)=CC=CC1(F)NC(=O)c1cn(C)nc1C(F)F. The molecule has 0 saturated carbocycles. The van der Waals surface area contributed by atoms with Crippen LogP contribution in [0, 0.1) is 5.92 Å². The Balaban J connectivity index is 2.33. The fraction of sp³-hybridized carbons (Fsp3) is 0.400. The molecule has 0 radical (unpaired) electrons. The molecule has 0 spiro atoms. The predicted octanol–water partition coefficient (Wildman–Crippen LogP) is 2.36. The molecule has 0 aromatic carbocycles. The summed E-state index contributed by atoms with van der Waals surface area (Å²) in [6.45, 7) is 1.32. The Morgan fingerprint density at radius 1 is 1.48 bits per heavy atom. The van der Waals surface area contributed by atoms with Crippen molar-refractivity contribution in [2.45, 2.75) is 19.1 Å². The highest BCUT2D eigenvalue weighted by atomic mass is 19.3. The summed E-state index contributed by atoms with van der Waals surface area (Å²) in [7, 11) is 1.30. The van der Waals surface area contributed by atoms with Crippen molar-refractivity contribution in [2.24, 2.45) is 13.0 Å². The van der Waals surface area contributed by atoms with E-state index in [1.165, 1.54) is 14.0 Å². The molecule has 0 bridgehead atoms. The summed E-state index contributed by atoms with van der Waals surface area (Å²) in [4.78, 5) is 24.1. The number of amides is 1. The van der Waals surface area contributed by atoms with Gasteiger partial charge in [0.25, 0.3) is 12.3 Å². The quantitative estimate of drug-likeness (QED) is 0.496. The van der Waals surface area contributed by atoms with Crippen LogP contribution in [-0.2, 0) is 16.6 Å². The van der Waals surface area contributed by atoms with Crippen molar-refractivity contribution in [2.75, 3.05) is 6.61 Å². The summed E-state index contributed by atoms with van der Waals surface area (Å²) in [5.74, 6) is -8.71. The van der Waals surface area contributed by atoms with Crippen LogP contribution in [0.2, 0.25) is 0 Å². The smallest absolute Gasteiger partial charge is 0.321 e. The van der Waals surface area contributed by atoms with Gasteiger partial charge in [0.2, 0.25) is 5.79 Å². The number of esters is 1. The molecule has 2 unspecified atom stereocenters. The molecule has 1 aromatic rings. The molecule has 10 heteroatoms. The normalized spacial score (nSPS) is 22.7. The van der Waals surface area contributed by atoms with Crippen LogP contribution >= 0.6 is 0 Å². The number of halogens is 4. The minimum Gasteiger partial charge on any atom is -0.465 e. The van der Waals surface area contributed by atoms with Crippen LogP contribution in [0.15, 0.2) is 30.3 Å². The highest BCUT2D eigenvalue weighted by Crippen LogP contribution is 2.34. The van der Waals surface area contributed by atoms with Gasteiger partial charge in [0.05, 0.1) is 12.2 Å². The van der Waals surface area contributed by atoms with Gasteiger partial charge in [-0.05, 0) is 19.1 Å². The molecule has 0 fully saturated rings. The highest BCUT2D eigenvalue weighted by molar-refractivity contribution is 5.96. The van der Waals surface area contributed by atoms with E-state index < -0.39 is 47.1 Å². The van der Waals surface area contributed by atoms with Gasteiger partial charge in [-0.3, -0.25) is 14.3 Å². The van der Waals surface area contributed by atoms with E-state index in [2.05, 4.69) is 9.84 Å². The van der Waals surface area contributed by atoms with Gasteiger partial charge in [-0.25, -0.2) is 17.6 Å². The van der Waals surface area contributed by atoms with E-state index in [1.54, 1.807) is 5.32 Å². The predicted molar refractivity (Wildman–Crippen MR) is 77.9 cm³/mol. The van der Waals surface area contributed by atoms with Crippen molar-refractivity contribution in [1.29, 1.82) is 0 Å². The standard InChI is InChI=1S/C15H15F4N3O3/c1-3-25-14(24)10-9(16)5-4-6-15(10,19)20-13(23)8-7-22(2)21-11(8)12(17)18/h4-7,10,12H,3H2,1-2H3,(H,20,23). The lowest BCUT2D eigenvalue weighted by Gasteiger charge is -2.31. The van der Waals surface area contributed by atoms with Gasteiger partial charge in [-0.2, -0.15) is 5.10 Å². The second-order valence-electron chi connectivity index (χ2n) is 5.22. The number of allylic oxidation sites excluding steroid dienone is 2.